The van der Waals surface area contributed by atoms with Crippen LogP contribution in [0.5, 0.6) is 11.5 Å². The Labute approximate surface area is 189 Å². The average molecular weight is 485 g/mol. The van der Waals surface area contributed by atoms with Crippen molar-refractivity contribution in [2.45, 2.75) is 11.4 Å². The maximum atomic E-state index is 12.7. The summed E-state index contributed by atoms with van der Waals surface area (Å²) in [6, 6.07) is 12.2. The van der Waals surface area contributed by atoms with Gasteiger partial charge in [0.05, 0.1) is 4.90 Å². The van der Waals surface area contributed by atoms with Crippen LogP contribution in [0.2, 0.25) is 5.02 Å². The van der Waals surface area contributed by atoms with Gasteiger partial charge in [-0.15, -0.1) is 0 Å². The number of nitrogens with zero attached hydrogens (tertiary/aromatic N) is 2. The molecule has 0 atom stereocenters. The summed E-state index contributed by atoms with van der Waals surface area (Å²) < 4.78 is 37.7. The minimum Gasteiger partial charge on any atom is -0.473 e. The summed E-state index contributed by atoms with van der Waals surface area (Å²) in [5.41, 5.74) is 1.13. The number of piperazine rings is 1. The van der Waals surface area contributed by atoms with Crippen molar-refractivity contribution in [3.05, 3.63) is 53.1 Å². The zero-order valence-corrected chi connectivity index (χ0v) is 18.4. The van der Waals surface area contributed by atoms with Crippen molar-refractivity contribution in [1.29, 1.82) is 0 Å². The third-order valence-electron chi connectivity index (χ3n) is 4.81. The van der Waals surface area contributed by atoms with E-state index in [1.54, 1.807) is 24.3 Å². The Morgan fingerprint density at radius 2 is 1.50 bits per heavy atom. The van der Waals surface area contributed by atoms with Crippen LogP contribution in [0.25, 0.3) is 0 Å². The number of carboxylic acid groups (broad SMARTS) is 2. The summed E-state index contributed by atoms with van der Waals surface area (Å²) in [5, 5.41) is 15.3. The maximum Gasteiger partial charge on any atom is 0.414 e. The summed E-state index contributed by atoms with van der Waals surface area (Å²) in [5.74, 6) is -2.11. The number of fused-ring (bicyclic) bond motifs is 1. The minimum absolute atomic E-state index is 0.264. The molecule has 2 aromatic carbocycles. The molecule has 2 heterocycles. The van der Waals surface area contributed by atoms with Crippen molar-refractivity contribution >= 4 is 33.6 Å². The van der Waals surface area contributed by atoms with Crippen molar-refractivity contribution in [2.24, 2.45) is 0 Å². The molecule has 0 saturated carbocycles. The van der Waals surface area contributed by atoms with Gasteiger partial charge >= 0.3 is 11.9 Å². The minimum atomic E-state index is -3.47. The SMILES string of the molecule is O=C(O)C(=O)O.O=S(=O)(c1ccc(Cl)cc1)N1CCN(Cc2ccc3c(c2)OCO3)CC1. The second-order valence-electron chi connectivity index (χ2n) is 6.93. The summed E-state index contributed by atoms with van der Waals surface area (Å²) >= 11 is 5.85. The Hall–Kier alpha value is -2.86. The summed E-state index contributed by atoms with van der Waals surface area (Å²) in [7, 11) is -3.47. The van der Waals surface area contributed by atoms with E-state index >= 15 is 0 Å². The van der Waals surface area contributed by atoms with Crippen molar-refractivity contribution in [3.63, 3.8) is 0 Å². The molecular weight excluding hydrogens is 464 g/mol. The molecule has 0 radical (unpaired) electrons. The highest BCUT2D eigenvalue weighted by Gasteiger charge is 2.28. The van der Waals surface area contributed by atoms with Crippen LogP contribution < -0.4 is 9.47 Å². The fourth-order valence-corrected chi connectivity index (χ4v) is 4.73. The van der Waals surface area contributed by atoms with Gasteiger partial charge in [0.2, 0.25) is 16.8 Å². The standard InChI is InChI=1S/C18H19ClN2O4S.C2H2O4/c19-15-2-4-16(5-3-15)26(22,23)21-9-7-20(8-10-21)12-14-1-6-17-18(11-14)25-13-24-17;3-1(4)2(5)6/h1-6,11H,7-10,12-13H2;(H,3,4)(H,5,6). The van der Waals surface area contributed by atoms with Gasteiger partial charge in [0.15, 0.2) is 11.5 Å². The number of aliphatic carboxylic acids is 2. The molecule has 1 fully saturated rings. The fourth-order valence-electron chi connectivity index (χ4n) is 3.18. The molecule has 2 aliphatic heterocycles. The van der Waals surface area contributed by atoms with Gasteiger partial charge in [-0.2, -0.15) is 4.31 Å². The fraction of sp³-hybridized carbons (Fsp3) is 0.300. The monoisotopic (exact) mass is 484 g/mol. The molecule has 4 rings (SSSR count). The summed E-state index contributed by atoms with van der Waals surface area (Å²) in [4.78, 5) is 20.7. The first-order valence-corrected chi connectivity index (χ1v) is 11.3. The highest BCUT2D eigenvalue weighted by Crippen LogP contribution is 2.33. The Morgan fingerprint density at radius 3 is 2.09 bits per heavy atom. The maximum absolute atomic E-state index is 12.7. The van der Waals surface area contributed by atoms with Crippen molar-refractivity contribution in [3.8, 4) is 11.5 Å². The van der Waals surface area contributed by atoms with E-state index in [1.165, 1.54) is 4.31 Å². The molecule has 2 aromatic rings. The Bertz CT molecular complexity index is 1070. The van der Waals surface area contributed by atoms with Crippen molar-refractivity contribution in [1.82, 2.24) is 9.21 Å². The van der Waals surface area contributed by atoms with E-state index in [0.29, 0.717) is 31.2 Å². The molecule has 2 N–H and O–H groups in total. The topological polar surface area (TPSA) is 134 Å². The lowest BCUT2D eigenvalue weighted by Gasteiger charge is -2.34. The molecule has 10 nitrogen and oxygen atoms in total. The predicted molar refractivity (Wildman–Crippen MR) is 113 cm³/mol. The third-order valence-corrected chi connectivity index (χ3v) is 6.97. The first-order chi connectivity index (χ1) is 15.2. The molecule has 0 unspecified atom stereocenters. The molecule has 0 aliphatic carbocycles. The van der Waals surface area contributed by atoms with Gasteiger partial charge in [-0.1, -0.05) is 17.7 Å². The first-order valence-electron chi connectivity index (χ1n) is 9.49. The van der Waals surface area contributed by atoms with E-state index in [4.69, 9.17) is 40.9 Å². The Kier molecular flexibility index (Phi) is 7.56. The zero-order chi connectivity index (χ0) is 23.3. The number of rotatable bonds is 4. The molecule has 12 heteroatoms. The van der Waals surface area contributed by atoms with Crippen LogP contribution in [0.4, 0.5) is 0 Å². The van der Waals surface area contributed by atoms with Gasteiger partial charge in [-0.05, 0) is 42.0 Å². The van der Waals surface area contributed by atoms with Gasteiger partial charge in [0.25, 0.3) is 0 Å². The molecule has 0 bridgehead atoms. The Morgan fingerprint density at radius 1 is 0.906 bits per heavy atom. The first kappa shape index (κ1) is 23.8. The molecule has 172 valence electrons. The predicted octanol–water partition coefficient (Wildman–Crippen LogP) is 1.73. The highest BCUT2D eigenvalue weighted by molar-refractivity contribution is 7.89. The highest BCUT2D eigenvalue weighted by atomic mass is 35.5. The van der Waals surface area contributed by atoms with Crippen LogP contribution in [0.15, 0.2) is 47.4 Å². The molecule has 1 saturated heterocycles. The molecule has 0 spiro atoms. The number of sulfonamides is 1. The number of hydrogen-bond acceptors (Lipinski definition) is 7. The number of benzene rings is 2. The van der Waals surface area contributed by atoms with E-state index in [9.17, 15) is 8.42 Å². The molecule has 0 aromatic heterocycles. The largest absolute Gasteiger partial charge is 0.473 e. The second kappa shape index (κ2) is 10.2. The number of carboxylic acids is 2. The molecule has 0 amide bonds. The van der Waals surface area contributed by atoms with Crippen LogP contribution in [0.3, 0.4) is 0 Å². The van der Waals surface area contributed by atoms with Crippen LogP contribution in [0.1, 0.15) is 5.56 Å². The summed E-state index contributed by atoms with van der Waals surface area (Å²) in [6.45, 7) is 3.32. The number of ether oxygens (including phenoxy) is 2. The van der Waals surface area contributed by atoms with Crippen LogP contribution in [-0.2, 0) is 26.2 Å². The van der Waals surface area contributed by atoms with E-state index in [-0.39, 0.29) is 11.7 Å². The second-order valence-corrected chi connectivity index (χ2v) is 9.31. The Balaban J connectivity index is 0.000000427. The normalized spacial score (nSPS) is 16.2. The average Bonchev–Trinajstić information content (AvgIpc) is 3.23. The third kappa shape index (κ3) is 5.88. The van der Waals surface area contributed by atoms with Crippen LogP contribution in [-0.4, -0.2) is 72.7 Å². The van der Waals surface area contributed by atoms with Gasteiger partial charge in [-0.3, -0.25) is 4.90 Å². The van der Waals surface area contributed by atoms with E-state index in [2.05, 4.69) is 4.90 Å². The van der Waals surface area contributed by atoms with Gasteiger partial charge in [0, 0.05) is 37.7 Å². The molecule has 2 aliphatic rings. The van der Waals surface area contributed by atoms with E-state index in [0.717, 1.165) is 23.6 Å². The lowest BCUT2D eigenvalue weighted by Crippen LogP contribution is -2.48. The molecular formula is C20H21ClN2O8S. The van der Waals surface area contributed by atoms with E-state index < -0.39 is 22.0 Å². The summed E-state index contributed by atoms with van der Waals surface area (Å²) in [6.07, 6.45) is 0. The van der Waals surface area contributed by atoms with Crippen molar-refractivity contribution in [2.75, 3.05) is 33.0 Å². The zero-order valence-electron chi connectivity index (χ0n) is 16.8. The number of hydrogen-bond donors (Lipinski definition) is 2. The van der Waals surface area contributed by atoms with Gasteiger partial charge in [0.1, 0.15) is 0 Å². The van der Waals surface area contributed by atoms with E-state index in [1.807, 2.05) is 18.2 Å². The molecule has 32 heavy (non-hydrogen) atoms. The van der Waals surface area contributed by atoms with Gasteiger partial charge < -0.3 is 19.7 Å². The lowest BCUT2D eigenvalue weighted by molar-refractivity contribution is -0.159. The smallest absolute Gasteiger partial charge is 0.414 e. The number of carbonyl (C=O) groups is 2. The lowest BCUT2D eigenvalue weighted by atomic mass is 10.2. The van der Waals surface area contributed by atoms with Crippen LogP contribution in [0, 0.1) is 0 Å². The van der Waals surface area contributed by atoms with Gasteiger partial charge in [-0.25, -0.2) is 18.0 Å². The quantitative estimate of drug-likeness (QED) is 0.622. The van der Waals surface area contributed by atoms with Crippen LogP contribution >= 0.6 is 11.6 Å². The van der Waals surface area contributed by atoms with Crippen molar-refractivity contribution < 1.29 is 37.7 Å². The number of halogens is 1.